The zero-order valence-corrected chi connectivity index (χ0v) is 14.2. The van der Waals surface area contributed by atoms with Gasteiger partial charge in [-0.1, -0.05) is 6.07 Å². The lowest BCUT2D eigenvalue weighted by atomic mass is 10.2. The normalized spacial score (nSPS) is 11.2. The average Bonchev–Trinajstić information content (AvgIpc) is 2.63. The number of nitrogens with one attached hydrogen (secondary N) is 2. The predicted molar refractivity (Wildman–Crippen MR) is 93.1 cm³/mol. The zero-order valence-electron chi connectivity index (χ0n) is 14.2. The van der Waals surface area contributed by atoms with E-state index in [4.69, 9.17) is 0 Å². The molecule has 1 aromatic heterocycles. The highest BCUT2D eigenvalue weighted by Crippen LogP contribution is 2.35. The Bertz CT molecular complexity index is 1070. The fourth-order valence-corrected chi connectivity index (χ4v) is 2.36. The number of nitrogens with zero attached hydrogens (tertiary/aromatic N) is 3. The quantitative estimate of drug-likeness (QED) is 0.342. The van der Waals surface area contributed by atoms with Crippen LogP contribution in [0.15, 0.2) is 48.8 Å². The maximum absolute atomic E-state index is 13.8. The van der Waals surface area contributed by atoms with E-state index >= 15 is 0 Å². The van der Waals surface area contributed by atoms with Gasteiger partial charge < -0.3 is 10.6 Å². The maximum Gasteiger partial charge on any atom is 0.416 e. The van der Waals surface area contributed by atoms with Crippen LogP contribution in [0.25, 0.3) is 0 Å². The molecule has 0 fully saturated rings. The van der Waals surface area contributed by atoms with Gasteiger partial charge in [0.05, 0.1) is 16.2 Å². The fraction of sp³-hybridized carbons (Fsp3) is 0.0588. The van der Waals surface area contributed by atoms with Crippen molar-refractivity contribution in [2.45, 2.75) is 6.18 Å². The first-order valence-electron chi connectivity index (χ1n) is 7.81. The van der Waals surface area contributed by atoms with Crippen LogP contribution >= 0.6 is 0 Å². The summed E-state index contributed by atoms with van der Waals surface area (Å²) in [6.45, 7) is 0. The number of rotatable bonds is 5. The molecule has 3 rings (SSSR count). The smallest absolute Gasteiger partial charge is 0.334 e. The summed E-state index contributed by atoms with van der Waals surface area (Å²) in [7, 11) is 0. The van der Waals surface area contributed by atoms with Gasteiger partial charge in [-0.3, -0.25) is 10.1 Å². The molecule has 0 amide bonds. The van der Waals surface area contributed by atoms with E-state index in [1.54, 1.807) is 0 Å². The zero-order chi connectivity index (χ0) is 21.2. The first kappa shape index (κ1) is 19.9. The van der Waals surface area contributed by atoms with Crippen molar-refractivity contribution in [2.24, 2.45) is 0 Å². The summed E-state index contributed by atoms with van der Waals surface area (Å²) in [4.78, 5) is 18.0. The van der Waals surface area contributed by atoms with Gasteiger partial charge in [0.25, 0.3) is 0 Å². The van der Waals surface area contributed by atoms with Gasteiger partial charge in [-0.2, -0.15) is 13.2 Å². The Kier molecular flexibility index (Phi) is 5.26. The summed E-state index contributed by atoms with van der Waals surface area (Å²) in [5, 5.41) is 16.3. The Morgan fingerprint density at radius 2 is 1.66 bits per heavy atom. The van der Waals surface area contributed by atoms with Crippen molar-refractivity contribution in [3.05, 3.63) is 76.1 Å². The summed E-state index contributed by atoms with van der Waals surface area (Å²) in [5.41, 5.74) is -2.11. The monoisotopic (exact) mass is 411 g/mol. The molecule has 2 N–H and O–H groups in total. The van der Waals surface area contributed by atoms with Crippen molar-refractivity contribution >= 4 is 28.7 Å². The summed E-state index contributed by atoms with van der Waals surface area (Å²) < 4.78 is 65.4. The number of hydrogen-bond donors (Lipinski definition) is 2. The molecule has 0 atom stereocenters. The predicted octanol–water partition coefficient (Wildman–Crippen LogP) is 5.17. The lowest BCUT2D eigenvalue weighted by Crippen LogP contribution is -2.08. The van der Waals surface area contributed by atoms with Crippen molar-refractivity contribution in [3.8, 4) is 0 Å². The SMILES string of the molecule is O=[N+]([O-])c1c(Nc2cccc(C(F)(F)F)c2)ncnc1Nc1ccc(F)cc1F. The third kappa shape index (κ3) is 4.54. The van der Waals surface area contributed by atoms with Gasteiger partial charge in [-0.25, -0.2) is 18.7 Å². The average molecular weight is 411 g/mol. The molecule has 0 spiro atoms. The minimum absolute atomic E-state index is 0.111. The van der Waals surface area contributed by atoms with E-state index < -0.39 is 45.6 Å². The van der Waals surface area contributed by atoms with Crippen molar-refractivity contribution < 1.29 is 26.9 Å². The number of nitro groups is 1. The molecule has 0 saturated heterocycles. The summed E-state index contributed by atoms with van der Waals surface area (Å²) in [5.74, 6) is -2.73. The first-order valence-corrected chi connectivity index (χ1v) is 7.81. The molecule has 2 aromatic carbocycles. The van der Waals surface area contributed by atoms with E-state index in [1.807, 2.05) is 0 Å². The highest BCUT2D eigenvalue weighted by Gasteiger charge is 2.31. The highest BCUT2D eigenvalue weighted by atomic mass is 19.4. The van der Waals surface area contributed by atoms with Gasteiger partial charge in [0.1, 0.15) is 18.0 Å². The van der Waals surface area contributed by atoms with E-state index in [0.717, 1.165) is 36.7 Å². The molecule has 29 heavy (non-hydrogen) atoms. The van der Waals surface area contributed by atoms with Crippen LogP contribution in [0.3, 0.4) is 0 Å². The lowest BCUT2D eigenvalue weighted by molar-refractivity contribution is -0.383. The second kappa shape index (κ2) is 7.66. The van der Waals surface area contributed by atoms with E-state index in [-0.39, 0.29) is 11.4 Å². The molecule has 12 heteroatoms. The van der Waals surface area contributed by atoms with Crippen LogP contribution in [0.4, 0.5) is 50.6 Å². The van der Waals surface area contributed by atoms with Crippen LogP contribution in [-0.2, 0) is 6.18 Å². The van der Waals surface area contributed by atoms with Gasteiger partial charge in [0, 0.05) is 11.8 Å². The minimum atomic E-state index is -4.61. The molecule has 3 aromatic rings. The Balaban J connectivity index is 1.98. The molecule has 150 valence electrons. The Morgan fingerprint density at radius 1 is 0.966 bits per heavy atom. The van der Waals surface area contributed by atoms with Crippen LogP contribution in [0.1, 0.15) is 5.56 Å². The van der Waals surface area contributed by atoms with E-state index in [2.05, 4.69) is 20.6 Å². The van der Waals surface area contributed by atoms with Crippen molar-refractivity contribution in [3.63, 3.8) is 0 Å². The first-order chi connectivity index (χ1) is 13.6. The molecule has 7 nitrogen and oxygen atoms in total. The standard InChI is InChI=1S/C17H10F5N5O2/c18-10-4-5-13(12(19)7-10)26-16-14(27(28)29)15(23-8-24-16)25-11-3-1-2-9(6-11)17(20,21)22/h1-8H,(H2,23,24,25,26). The molecule has 0 aliphatic rings. The number of hydrogen-bond acceptors (Lipinski definition) is 6. The summed E-state index contributed by atoms with van der Waals surface area (Å²) >= 11 is 0. The molecule has 0 unspecified atom stereocenters. The third-order valence-corrected chi connectivity index (χ3v) is 3.64. The van der Waals surface area contributed by atoms with Crippen molar-refractivity contribution in [1.82, 2.24) is 9.97 Å². The van der Waals surface area contributed by atoms with Gasteiger partial charge in [0.15, 0.2) is 0 Å². The molecule has 1 heterocycles. The fourth-order valence-electron chi connectivity index (χ4n) is 2.36. The molecule has 0 radical (unpaired) electrons. The maximum atomic E-state index is 13.8. The lowest BCUT2D eigenvalue weighted by Gasteiger charge is -2.12. The molecule has 0 aliphatic carbocycles. The molecule has 0 saturated carbocycles. The Hall–Kier alpha value is -3.83. The van der Waals surface area contributed by atoms with Gasteiger partial charge >= 0.3 is 11.9 Å². The van der Waals surface area contributed by atoms with Crippen LogP contribution < -0.4 is 10.6 Å². The Morgan fingerprint density at radius 3 is 2.28 bits per heavy atom. The second-order valence-electron chi connectivity index (χ2n) is 5.63. The number of aromatic nitrogens is 2. The van der Waals surface area contributed by atoms with Crippen molar-refractivity contribution in [1.29, 1.82) is 0 Å². The summed E-state index contributed by atoms with van der Waals surface area (Å²) in [6, 6.07) is 6.47. The largest absolute Gasteiger partial charge is 0.416 e. The highest BCUT2D eigenvalue weighted by molar-refractivity contribution is 5.77. The van der Waals surface area contributed by atoms with Gasteiger partial charge in [-0.05, 0) is 30.3 Å². The number of anilines is 4. The molecule has 0 bridgehead atoms. The second-order valence-corrected chi connectivity index (χ2v) is 5.63. The van der Waals surface area contributed by atoms with E-state index in [9.17, 15) is 32.1 Å². The van der Waals surface area contributed by atoms with Crippen LogP contribution in [-0.4, -0.2) is 14.9 Å². The van der Waals surface area contributed by atoms with E-state index in [1.165, 1.54) is 6.07 Å². The van der Waals surface area contributed by atoms with Gasteiger partial charge in [0.2, 0.25) is 11.6 Å². The Labute approximate surface area is 159 Å². The molecular formula is C17H10F5N5O2. The van der Waals surface area contributed by atoms with Crippen LogP contribution in [0.2, 0.25) is 0 Å². The number of alkyl halides is 3. The van der Waals surface area contributed by atoms with Gasteiger partial charge in [-0.15, -0.1) is 0 Å². The summed E-state index contributed by atoms with van der Waals surface area (Å²) in [6.07, 6.45) is -3.71. The minimum Gasteiger partial charge on any atom is -0.334 e. The number of benzene rings is 2. The molecule has 0 aliphatic heterocycles. The number of halogens is 5. The molecular weight excluding hydrogens is 401 g/mol. The third-order valence-electron chi connectivity index (χ3n) is 3.64. The van der Waals surface area contributed by atoms with Crippen molar-refractivity contribution in [2.75, 3.05) is 10.6 Å². The van der Waals surface area contributed by atoms with Crippen LogP contribution in [0.5, 0.6) is 0 Å². The topological polar surface area (TPSA) is 93.0 Å². The van der Waals surface area contributed by atoms with E-state index in [0.29, 0.717) is 6.07 Å². The van der Waals surface area contributed by atoms with Crippen LogP contribution in [0, 0.1) is 21.7 Å².